The highest BCUT2D eigenvalue weighted by Crippen LogP contribution is 2.21. The van der Waals surface area contributed by atoms with E-state index < -0.39 is 0 Å². The topological polar surface area (TPSA) is 71.9 Å². The van der Waals surface area contributed by atoms with Crippen molar-refractivity contribution in [2.75, 3.05) is 11.9 Å². The number of benzene rings is 2. The predicted octanol–water partition coefficient (Wildman–Crippen LogP) is 4.60. The van der Waals surface area contributed by atoms with Gasteiger partial charge in [0.15, 0.2) is 0 Å². The quantitative estimate of drug-likeness (QED) is 0.414. The minimum atomic E-state index is -0.202. The van der Waals surface area contributed by atoms with Crippen LogP contribution in [0.5, 0.6) is 0 Å². The summed E-state index contributed by atoms with van der Waals surface area (Å²) < 4.78 is 8.40. The molecule has 0 bridgehead atoms. The van der Waals surface area contributed by atoms with E-state index in [9.17, 15) is 4.79 Å². The summed E-state index contributed by atoms with van der Waals surface area (Å²) in [5, 5.41) is 8.11. The van der Waals surface area contributed by atoms with Gasteiger partial charge in [-0.25, -0.2) is 0 Å². The molecule has 2 heterocycles. The van der Waals surface area contributed by atoms with Crippen LogP contribution in [0.4, 0.5) is 5.69 Å². The maximum atomic E-state index is 12.5. The van der Waals surface area contributed by atoms with E-state index >= 15 is 0 Å². The van der Waals surface area contributed by atoms with Gasteiger partial charge in [0.05, 0.1) is 31.6 Å². The molecule has 0 radical (unpaired) electrons. The zero-order chi connectivity index (χ0) is 19.3. The molecule has 2 aromatic heterocycles. The van der Waals surface area contributed by atoms with Crippen LogP contribution in [0.3, 0.4) is 0 Å². The normalized spacial score (nSPS) is 11.0. The molecule has 0 saturated carbocycles. The summed E-state index contributed by atoms with van der Waals surface area (Å²) in [4.78, 5) is 15.6. The van der Waals surface area contributed by atoms with Crippen molar-refractivity contribution in [1.29, 1.82) is 0 Å². The third-order valence-corrected chi connectivity index (χ3v) is 4.79. The van der Waals surface area contributed by atoms with E-state index in [1.54, 1.807) is 17.1 Å². The average Bonchev–Trinajstić information content (AvgIpc) is 3.32. The first-order valence-electron chi connectivity index (χ1n) is 8.91. The Morgan fingerprint density at radius 1 is 1.18 bits per heavy atom. The highest BCUT2D eigenvalue weighted by Gasteiger charge is 2.11. The van der Waals surface area contributed by atoms with Crippen molar-refractivity contribution in [3.05, 3.63) is 82.7 Å². The Morgan fingerprint density at radius 2 is 2.04 bits per heavy atom. The number of H-pyrrole nitrogens is 1. The SMILES string of the molecule is O=C(Nc1cnn(CCOCc2ccccc2)c1)c1cc2cc(Br)ccc2[nH]1. The Hall–Kier alpha value is -2.90. The van der Waals surface area contributed by atoms with Crippen LogP contribution >= 0.6 is 15.9 Å². The van der Waals surface area contributed by atoms with E-state index in [1.807, 2.05) is 54.6 Å². The van der Waals surface area contributed by atoms with E-state index in [0.29, 0.717) is 31.1 Å². The number of rotatable bonds is 7. The molecule has 28 heavy (non-hydrogen) atoms. The molecular formula is C21H19BrN4O2. The first kappa shape index (κ1) is 18.5. The number of carbonyl (C=O) groups excluding carboxylic acids is 1. The Morgan fingerprint density at radius 3 is 2.89 bits per heavy atom. The number of nitrogens with one attached hydrogen (secondary N) is 2. The molecule has 0 aliphatic rings. The molecule has 7 heteroatoms. The predicted molar refractivity (Wildman–Crippen MR) is 112 cm³/mol. The maximum absolute atomic E-state index is 12.5. The van der Waals surface area contributed by atoms with Gasteiger partial charge in [0, 0.05) is 21.6 Å². The third kappa shape index (κ3) is 4.49. The van der Waals surface area contributed by atoms with Crippen molar-refractivity contribution in [3.8, 4) is 0 Å². The Balaban J connectivity index is 1.30. The summed E-state index contributed by atoms with van der Waals surface area (Å²) in [6.45, 7) is 1.73. The van der Waals surface area contributed by atoms with Gasteiger partial charge in [-0.15, -0.1) is 0 Å². The van der Waals surface area contributed by atoms with Crippen LogP contribution in [0.25, 0.3) is 10.9 Å². The molecule has 0 saturated heterocycles. The van der Waals surface area contributed by atoms with Crippen LogP contribution < -0.4 is 5.32 Å². The van der Waals surface area contributed by atoms with Crippen molar-refractivity contribution in [3.63, 3.8) is 0 Å². The Kier molecular flexibility index (Phi) is 5.55. The summed E-state index contributed by atoms with van der Waals surface area (Å²) in [6.07, 6.45) is 3.43. The number of amides is 1. The van der Waals surface area contributed by atoms with Gasteiger partial charge in [0.25, 0.3) is 5.91 Å². The van der Waals surface area contributed by atoms with Gasteiger partial charge in [0.1, 0.15) is 5.69 Å². The number of hydrogen-bond donors (Lipinski definition) is 2. The molecule has 2 aromatic carbocycles. The molecule has 6 nitrogen and oxygen atoms in total. The number of nitrogens with zero attached hydrogens (tertiary/aromatic N) is 2. The maximum Gasteiger partial charge on any atom is 0.272 e. The average molecular weight is 439 g/mol. The lowest BCUT2D eigenvalue weighted by Crippen LogP contribution is -2.11. The largest absolute Gasteiger partial charge is 0.375 e. The zero-order valence-corrected chi connectivity index (χ0v) is 16.6. The zero-order valence-electron chi connectivity index (χ0n) is 15.1. The Labute approximate surface area is 170 Å². The van der Waals surface area contributed by atoms with Crippen molar-refractivity contribution in [2.24, 2.45) is 0 Å². The van der Waals surface area contributed by atoms with E-state index in [1.165, 1.54) is 0 Å². The number of anilines is 1. The third-order valence-electron chi connectivity index (χ3n) is 4.29. The molecule has 1 amide bonds. The number of aromatic nitrogens is 3. The van der Waals surface area contributed by atoms with E-state index in [2.05, 4.69) is 31.3 Å². The summed E-state index contributed by atoms with van der Waals surface area (Å²) in [5.41, 5.74) is 3.21. The molecule has 0 fully saturated rings. The van der Waals surface area contributed by atoms with Crippen molar-refractivity contribution >= 4 is 38.4 Å². The second-order valence-corrected chi connectivity index (χ2v) is 7.31. The molecular weight excluding hydrogens is 420 g/mol. The van der Waals surface area contributed by atoms with Crippen LogP contribution in [0.2, 0.25) is 0 Å². The first-order chi connectivity index (χ1) is 13.7. The van der Waals surface area contributed by atoms with Gasteiger partial charge in [-0.1, -0.05) is 46.3 Å². The van der Waals surface area contributed by atoms with Gasteiger partial charge in [-0.05, 0) is 29.8 Å². The summed E-state index contributed by atoms with van der Waals surface area (Å²) in [5.74, 6) is -0.202. The van der Waals surface area contributed by atoms with E-state index in [0.717, 1.165) is 20.9 Å². The second kappa shape index (κ2) is 8.41. The van der Waals surface area contributed by atoms with Crippen molar-refractivity contribution in [1.82, 2.24) is 14.8 Å². The fourth-order valence-electron chi connectivity index (χ4n) is 2.90. The van der Waals surface area contributed by atoms with Crippen molar-refractivity contribution < 1.29 is 9.53 Å². The lowest BCUT2D eigenvalue weighted by Gasteiger charge is -2.04. The fourth-order valence-corrected chi connectivity index (χ4v) is 3.28. The highest BCUT2D eigenvalue weighted by atomic mass is 79.9. The first-order valence-corrected chi connectivity index (χ1v) is 9.70. The fraction of sp³-hybridized carbons (Fsp3) is 0.143. The van der Waals surface area contributed by atoms with Gasteiger partial charge in [-0.3, -0.25) is 9.48 Å². The molecule has 0 aliphatic heterocycles. The smallest absolute Gasteiger partial charge is 0.272 e. The van der Waals surface area contributed by atoms with Crippen LogP contribution in [-0.2, 0) is 17.9 Å². The molecule has 0 spiro atoms. The van der Waals surface area contributed by atoms with Crippen LogP contribution in [-0.4, -0.2) is 27.3 Å². The van der Waals surface area contributed by atoms with Gasteiger partial charge in [-0.2, -0.15) is 5.10 Å². The van der Waals surface area contributed by atoms with Gasteiger partial charge < -0.3 is 15.0 Å². The number of fused-ring (bicyclic) bond motifs is 1. The molecule has 142 valence electrons. The van der Waals surface area contributed by atoms with E-state index in [4.69, 9.17) is 4.74 Å². The molecule has 0 atom stereocenters. The van der Waals surface area contributed by atoms with Crippen molar-refractivity contribution in [2.45, 2.75) is 13.2 Å². The minimum absolute atomic E-state index is 0.202. The second-order valence-electron chi connectivity index (χ2n) is 6.40. The van der Waals surface area contributed by atoms with E-state index in [-0.39, 0.29) is 5.91 Å². The lowest BCUT2D eigenvalue weighted by molar-refractivity contribution is 0.102. The molecule has 0 aliphatic carbocycles. The minimum Gasteiger partial charge on any atom is -0.375 e. The number of hydrogen-bond acceptors (Lipinski definition) is 3. The summed E-state index contributed by atoms with van der Waals surface area (Å²) in [6, 6.07) is 17.7. The molecule has 4 rings (SSSR count). The number of halogens is 1. The lowest BCUT2D eigenvalue weighted by atomic mass is 10.2. The summed E-state index contributed by atoms with van der Waals surface area (Å²) in [7, 11) is 0. The van der Waals surface area contributed by atoms with Crippen LogP contribution in [0.15, 0.2) is 71.5 Å². The van der Waals surface area contributed by atoms with Gasteiger partial charge in [0.2, 0.25) is 0 Å². The highest BCUT2D eigenvalue weighted by molar-refractivity contribution is 9.10. The summed E-state index contributed by atoms with van der Waals surface area (Å²) >= 11 is 3.44. The van der Waals surface area contributed by atoms with Gasteiger partial charge >= 0.3 is 0 Å². The number of carbonyl (C=O) groups is 1. The van der Waals surface area contributed by atoms with Crippen LogP contribution in [0, 0.1) is 0 Å². The standard InChI is InChI=1S/C21H19BrN4O2/c22-17-6-7-19-16(10-17)11-20(25-19)21(27)24-18-12-23-26(13-18)8-9-28-14-15-4-2-1-3-5-15/h1-7,10-13,25H,8-9,14H2,(H,24,27). The van der Waals surface area contributed by atoms with Crippen LogP contribution in [0.1, 0.15) is 16.1 Å². The number of ether oxygens (including phenoxy) is 1. The Bertz CT molecular complexity index is 1090. The molecule has 2 N–H and O–H groups in total. The molecule has 0 unspecified atom stereocenters. The molecule has 4 aromatic rings. The number of aromatic amines is 1. The monoisotopic (exact) mass is 438 g/mol.